The summed E-state index contributed by atoms with van der Waals surface area (Å²) in [6, 6.07) is 13.6. The number of hydrogen-bond donors (Lipinski definition) is 2. The molecule has 31 heavy (non-hydrogen) atoms. The molecule has 0 radical (unpaired) electrons. The molecule has 4 rings (SSSR count). The first kappa shape index (κ1) is 20.3. The van der Waals surface area contributed by atoms with Gasteiger partial charge in [-0.05, 0) is 31.2 Å². The van der Waals surface area contributed by atoms with Crippen molar-refractivity contribution in [1.29, 1.82) is 0 Å². The van der Waals surface area contributed by atoms with E-state index in [1.165, 1.54) is 5.56 Å². The van der Waals surface area contributed by atoms with Gasteiger partial charge in [-0.1, -0.05) is 28.9 Å². The maximum absolute atomic E-state index is 5.59. The quantitative estimate of drug-likeness (QED) is 0.348. The zero-order valence-corrected chi connectivity index (χ0v) is 17.4. The van der Waals surface area contributed by atoms with Gasteiger partial charge in [0, 0.05) is 31.8 Å². The van der Waals surface area contributed by atoms with Crippen molar-refractivity contribution in [2.75, 3.05) is 13.6 Å². The molecule has 158 valence electrons. The smallest absolute Gasteiger partial charge is 0.276 e. The number of aromatic nitrogens is 4. The number of guanidine groups is 1. The molecule has 2 N–H and O–H groups in total. The highest BCUT2D eigenvalue weighted by Gasteiger charge is 2.10. The van der Waals surface area contributed by atoms with Crippen LogP contribution in [0.4, 0.5) is 0 Å². The lowest BCUT2D eigenvalue weighted by Crippen LogP contribution is -2.38. The minimum Gasteiger partial charge on any atom is -0.444 e. The number of nitrogens with one attached hydrogen (secondary N) is 2. The average Bonchev–Trinajstić information content (AvgIpc) is 3.47. The van der Waals surface area contributed by atoms with Crippen LogP contribution in [0.5, 0.6) is 0 Å². The van der Waals surface area contributed by atoms with Gasteiger partial charge in [-0.25, -0.2) is 4.98 Å². The summed E-state index contributed by atoms with van der Waals surface area (Å²) in [5.74, 6) is 2.25. The van der Waals surface area contributed by atoms with E-state index >= 15 is 0 Å². The Hall–Kier alpha value is -4.01. The summed E-state index contributed by atoms with van der Waals surface area (Å²) < 4.78 is 10.9. The molecular weight excluding hydrogens is 394 g/mol. The van der Waals surface area contributed by atoms with E-state index < -0.39 is 0 Å². The Morgan fingerprint density at radius 2 is 1.90 bits per heavy atom. The molecular formula is C22H23N7O2. The van der Waals surface area contributed by atoms with Crippen molar-refractivity contribution >= 4 is 5.96 Å². The van der Waals surface area contributed by atoms with Crippen molar-refractivity contribution in [2.45, 2.75) is 19.9 Å². The number of aliphatic imine (C=N–C) groups is 1. The normalized spacial score (nSPS) is 11.5. The highest BCUT2D eigenvalue weighted by Crippen LogP contribution is 2.19. The summed E-state index contributed by atoms with van der Waals surface area (Å²) in [7, 11) is 1.71. The molecule has 0 unspecified atom stereocenters. The third kappa shape index (κ3) is 5.33. The average molecular weight is 417 g/mol. The van der Waals surface area contributed by atoms with Crippen LogP contribution < -0.4 is 10.6 Å². The Bertz CT molecular complexity index is 1130. The monoisotopic (exact) mass is 417 g/mol. The van der Waals surface area contributed by atoms with E-state index in [0.717, 1.165) is 11.3 Å². The first-order valence-corrected chi connectivity index (χ1v) is 9.91. The standard InChI is InChI=1S/C22H23N7O2/c1-15-6-8-16(9-7-15)20-27-17(14-30-20)13-26-22(23-2)25-12-10-19-28-21(31-29-19)18-5-3-4-11-24-18/h3-9,11,14H,10,12-13H2,1-2H3,(H2,23,25,26). The number of hydrogen-bond acceptors (Lipinski definition) is 7. The molecule has 0 aliphatic carbocycles. The van der Waals surface area contributed by atoms with Crippen molar-refractivity contribution in [2.24, 2.45) is 4.99 Å². The van der Waals surface area contributed by atoms with Crippen LogP contribution in [0.25, 0.3) is 23.0 Å². The topological polar surface area (TPSA) is 114 Å². The van der Waals surface area contributed by atoms with Gasteiger partial charge in [0.05, 0.1) is 12.2 Å². The van der Waals surface area contributed by atoms with Crippen LogP contribution in [0.3, 0.4) is 0 Å². The summed E-state index contributed by atoms with van der Waals surface area (Å²) in [6.45, 7) is 3.13. The Balaban J connectivity index is 1.25. The van der Waals surface area contributed by atoms with E-state index in [1.807, 2.05) is 49.4 Å². The van der Waals surface area contributed by atoms with Crippen LogP contribution in [0, 0.1) is 6.92 Å². The molecule has 4 aromatic rings. The second kappa shape index (κ2) is 9.66. The molecule has 0 saturated heterocycles. The number of aryl methyl sites for hydroxylation is 1. The largest absolute Gasteiger partial charge is 0.444 e. The molecule has 3 heterocycles. The van der Waals surface area contributed by atoms with Crippen LogP contribution in [0.15, 0.2) is 68.9 Å². The highest BCUT2D eigenvalue weighted by atomic mass is 16.5. The van der Waals surface area contributed by atoms with Gasteiger partial charge in [-0.3, -0.25) is 9.98 Å². The van der Waals surface area contributed by atoms with Crippen LogP contribution in [0.1, 0.15) is 17.1 Å². The van der Waals surface area contributed by atoms with Gasteiger partial charge in [-0.15, -0.1) is 0 Å². The summed E-state index contributed by atoms with van der Waals surface area (Å²) in [5.41, 5.74) is 3.59. The van der Waals surface area contributed by atoms with Crippen molar-refractivity contribution in [3.8, 4) is 23.0 Å². The predicted molar refractivity (Wildman–Crippen MR) is 116 cm³/mol. The van der Waals surface area contributed by atoms with Crippen molar-refractivity contribution < 1.29 is 8.94 Å². The molecule has 3 aromatic heterocycles. The van der Waals surface area contributed by atoms with E-state index in [4.69, 9.17) is 8.94 Å². The molecule has 0 amide bonds. The van der Waals surface area contributed by atoms with Gasteiger partial charge in [-0.2, -0.15) is 4.98 Å². The second-order valence-electron chi connectivity index (χ2n) is 6.84. The highest BCUT2D eigenvalue weighted by molar-refractivity contribution is 5.79. The number of pyridine rings is 1. The predicted octanol–water partition coefficient (Wildman–Crippen LogP) is 3.00. The van der Waals surface area contributed by atoms with Crippen molar-refractivity contribution in [3.63, 3.8) is 0 Å². The number of nitrogens with zero attached hydrogens (tertiary/aromatic N) is 5. The number of benzene rings is 1. The van der Waals surface area contributed by atoms with Gasteiger partial charge in [0.1, 0.15) is 12.0 Å². The Kier molecular flexibility index (Phi) is 6.32. The lowest BCUT2D eigenvalue weighted by molar-refractivity contribution is 0.421. The minimum atomic E-state index is 0.411. The molecule has 0 aliphatic rings. The molecule has 9 nitrogen and oxygen atoms in total. The summed E-state index contributed by atoms with van der Waals surface area (Å²) in [5, 5.41) is 10.4. The van der Waals surface area contributed by atoms with Crippen molar-refractivity contribution in [3.05, 3.63) is 72.0 Å². The number of rotatable bonds is 7. The van der Waals surface area contributed by atoms with E-state index in [-0.39, 0.29) is 0 Å². The molecule has 0 fully saturated rings. The Labute approximate surface area is 179 Å². The van der Waals surface area contributed by atoms with Gasteiger partial charge in [0.15, 0.2) is 11.8 Å². The zero-order valence-electron chi connectivity index (χ0n) is 17.4. The molecule has 0 saturated carbocycles. The van der Waals surface area contributed by atoms with E-state index in [1.54, 1.807) is 19.5 Å². The van der Waals surface area contributed by atoms with E-state index in [0.29, 0.717) is 48.8 Å². The van der Waals surface area contributed by atoms with Crippen LogP contribution in [-0.2, 0) is 13.0 Å². The van der Waals surface area contributed by atoms with Gasteiger partial charge < -0.3 is 19.6 Å². The molecule has 9 heteroatoms. The van der Waals surface area contributed by atoms with Crippen LogP contribution in [-0.4, -0.2) is 39.7 Å². The molecule has 0 aliphatic heterocycles. The van der Waals surface area contributed by atoms with E-state index in [9.17, 15) is 0 Å². The van der Waals surface area contributed by atoms with Gasteiger partial charge in [0.25, 0.3) is 5.89 Å². The van der Waals surface area contributed by atoms with Crippen LogP contribution >= 0.6 is 0 Å². The van der Waals surface area contributed by atoms with E-state index in [2.05, 4.69) is 35.7 Å². The molecule has 0 atom stereocenters. The first-order chi connectivity index (χ1) is 15.2. The third-order valence-electron chi connectivity index (χ3n) is 4.50. The van der Waals surface area contributed by atoms with Crippen molar-refractivity contribution in [1.82, 2.24) is 30.7 Å². The third-order valence-corrected chi connectivity index (χ3v) is 4.50. The second-order valence-corrected chi connectivity index (χ2v) is 6.84. The fraction of sp³-hybridized carbons (Fsp3) is 0.227. The summed E-state index contributed by atoms with van der Waals surface area (Å²) in [6.07, 6.45) is 3.92. The van der Waals surface area contributed by atoms with Gasteiger partial charge >= 0.3 is 0 Å². The zero-order chi connectivity index (χ0) is 21.5. The lowest BCUT2D eigenvalue weighted by atomic mass is 10.1. The number of oxazole rings is 1. The Morgan fingerprint density at radius 3 is 2.68 bits per heavy atom. The fourth-order valence-corrected chi connectivity index (χ4v) is 2.85. The summed E-state index contributed by atoms with van der Waals surface area (Å²) >= 11 is 0. The lowest BCUT2D eigenvalue weighted by Gasteiger charge is -2.09. The molecule has 1 aromatic carbocycles. The Morgan fingerprint density at radius 1 is 1.03 bits per heavy atom. The SMILES string of the molecule is CN=C(NCCc1noc(-c2ccccn2)n1)NCc1coc(-c2ccc(C)cc2)n1. The molecule has 0 spiro atoms. The minimum absolute atomic E-state index is 0.411. The summed E-state index contributed by atoms with van der Waals surface area (Å²) in [4.78, 5) is 17.3. The van der Waals surface area contributed by atoms with Gasteiger partial charge in [0.2, 0.25) is 5.89 Å². The maximum Gasteiger partial charge on any atom is 0.276 e. The maximum atomic E-state index is 5.59. The fourth-order valence-electron chi connectivity index (χ4n) is 2.85. The van der Waals surface area contributed by atoms with Crippen LogP contribution in [0.2, 0.25) is 0 Å². The first-order valence-electron chi connectivity index (χ1n) is 9.91. The molecule has 0 bridgehead atoms.